The SMILES string of the molecule is C1=CC[C]([Ti+2][CH]2C(p3cccn3)=Cc3ccccc32)=C1.[Cl-].[Cl-]. The van der Waals surface area contributed by atoms with Crippen LogP contribution >= 0.6 is 7.69 Å². The van der Waals surface area contributed by atoms with Crippen LogP contribution in [0.15, 0.2) is 64.4 Å². The molecule has 2 unspecified atom stereocenters. The van der Waals surface area contributed by atoms with Crippen LogP contribution in [-0.2, 0) is 19.2 Å². The Kier molecular flexibility index (Phi) is 6.32. The first-order chi connectivity index (χ1) is 9.92. The molecule has 1 aromatic heterocycles. The summed E-state index contributed by atoms with van der Waals surface area (Å²) in [6.07, 6.45) is 12.4. The third kappa shape index (κ3) is 3.35. The van der Waals surface area contributed by atoms with Crippen molar-refractivity contribution in [3.05, 3.63) is 75.6 Å². The predicted octanol–water partition coefficient (Wildman–Crippen LogP) is -0.945. The summed E-state index contributed by atoms with van der Waals surface area (Å²) < 4.78 is 6.98. The zero-order chi connectivity index (χ0) is 13.4. The van der Waals surface area contributed by atoms with Crippen molar-refractivity contribution in [2.24, 2.45) is 0 Å². The summed E-state index contributed by atoms with van der Waals surface area (Å²) in [7, 11) is -0.418. The number of halogens is 2. The van der Waals surface area contributed by atoms with E-state index in [9.17, 15) is 0 Å². The topological polar surface area (TPSA) is 12.9 Å². The molecule has 110 valence electrons. The van der Waals surface area contributed by atoms with Gasteiger partial charge in [0.05, 0.1) is 0 Å². The molecule has 1 nitrogen and oxygen atoms in total. The van der Waals surface area contributed by atoms with E-state index in [1.54, 1.807) is 9.19 Å². The largest absolute Gasteiger partial charge is 1.00 e. The van der Waals surface area contributed by atoms with Crippen molar-refractivity contribution in [2.45, 2.75) is 10.6 Å². The summed E-state index contributed by atoms with van der Waals surface area (Å²) >= 11 is -0.144. The summed E-state index contributed by atoms with van der Waals surface area (Å²) in [6.45, 7) is 0. The second-order valence-electron chi connectivity index (χ2n) is 5.05. The molecular formula is C17H14Cl2NPTi. The first-order valence-corrected chi connectivity index (χ1v) is 9.89. The monoisotopic (exact) mass is 381 g/mol. The van der Waals surface area contributed by atoms with Crippen LogP contribution in [0.25, 0.3) is 11.4 Å². The molecule has 0 spiro atoms. The Hall–Kier alpha value is -0.556. The number of fused-ring (bicyclic) bond motifs is 1. The number of hydrogen-bond acceptors (Lipinski definition) is 1. The van der Waals surface area contributed by atoms with Crippen molar-refractivity contribution in [1.29, 1.82) is 0 Å². The quantitative estimate of drug-likeness (QED) is 0.625. The molecule has 2 aromatic rings. The van der Waals surface area contributed by atoms with E-state index >= 15 is 0 Å². The van der Waals surface area contributed by atoms with Gasteiger partial charge in [0.25, 0.3) is 0 Å². The average molecular weight is 382 g/mol. The maximum Gasteiger partial charge on any atom is -1.00 e. The normalized spacial score (nSPS) is 18.5. The molecule has 0 aliphatic heterocycles. The van der Waals surface area contributed by atoms with Crippen molar-refractivity contribution in [1.82, 2.24) is 4.75 Å². The summed E-state index contributed by atoms with van der Waals surface area (Å²) in [5.41, 5.74) is 2.95. The number of allylic oxidation sites excluding steroid dienone is 5. The molecule has 0 radical (unpaired) electrons. The van der Waals surface area contributed by atoms with Gasteiger partial charge in [-0.3, -0.25) is 0 Å². The molecule has 2 aliphatic carbocycles. The smallest absolute Gasteiger partial charge is 1.00 e. The van der Waals surface area contributed by atoms with Crippen molar-refractivity contribution in [3.63, 3.8) is 0 Å². The summed E-state index contributed by atoms with van der Waals surface area (Å²) in [5.74, 6) is 2.29. The van der Waals surface area contributed by atoms with Gasteiger partial charge in [0.15, 0.2) is 0 Å². The maximum absolute atomic E-state index is 4.67. The van der Waals surface area contributed by atoms with E-state index in [-0.39, 0.29) is 44.0 Å². The van der Waals surface area contributed by atoms with Crippen LogP contribution in [0.3, 0.4) is 0 Å². The van der Waals surface area contributed by atoms with Crippen LogP contribution in [0.2, 0.25) is 0 Å². The van der Waals surface area contributed by atoms with E-state index in [0.717, 1.165) is 0 Å². The average Bonchev–Trinajstić information content (AvgIpc) is 3.19. The van der Waals surface area contributed by atoms with E-state index in [1.807, 2.05) is 6.20 Å². The van der Waals surface area contributed by atoms with E-state index in [0.29, 0.717) is 4.22 Å². The van der Waals surface area contributed by atoms with Gasteiger partial charge >= 0.3 is 129 Å². The Morgan fingerprint density at radius 2 is 2.00 bits per heavy atom. The van der Waals surface area contributed by atoms with Gasteiger partial charge in [-0.05, 0) is 0 Å². The second kappa shape index (κ2) is 7.82. The van der Waals surface area contributed by atoms with Crippen LogP contribution < -0.4 is 24.8 Å². The number of hydrogen-bond donors (Lipinski definition) is 0. The van der Waals surface area contributed by atoms with Crippen molar-refractivity contribution < 1.29 is 44.0 Å². The van der Waals surface area contributed by atoms with Crippen LogP contribution in [0, 0.1) is 0 Å². The fraction of sp³-hybridized carbons (Fsp3) is 0.118. The standard InChI is InChI=1S/C12H9NP.C5H5.2ClH.Ti/c1-2-5-11-9-12(8-10(11)4-1)14-7-3-6-13-14;1-2-4-5-3-1;;;/h1-9H;1-3H,4H2;2*1H;/q;;;;+2/p-2. The second-order valence-corrected chi connectivity index (χ2v) is 9.14. The van der Waals surface area contributed by atoms with Gasteiger partial charge in [-0.2, -0.15) is 0 Å². The Labute approximate surface area is 153 Å². The summed E-state index contributed by atoms with van der Waals surface area (Å²) in [4.78, 5) is 0. The van der Waals surface area contributed by atoms with Gasteiger partial charge in [-0.15, -0.1) is 0 Å². The minimum absolute atomic E-state index is 0. The third-order valence-electron chi connectivity index (χ3n) is 3.78. The summed E-state index contributed by atoms with van der Waals surface area (Å²) in [5, 5.41) is 1.57. The number of aromatic nitrogens is 1. The fourth-order valence-electron chi connectivity index (χ4n) is 2.82. The zero-order valence-corrected chi connectivity index (χ0v) is 15.8. The van der Waals surface area contributed by atoms with Gasteiger partial charge < -0.3 is 24.8 Å². The molecule has 0 fully saturated rings. The molecule has 1 heterocycles. The molecule has 0 saturated carbocycles. The van der Waals surface area contributed by atoms with Crippen LogP contribution in [0.5, 0.6) is 0 Å². The molecule has 0 bridgehead atoms. The molecule has 0 N–H and O–H groups in total. The van der Waals surface area contributed by atoms with Gasteiger partial charge in [-0.1, -0.05) is 0 Å². The minimum atomic E-state index is -0.418. The van der Waals surface area contributed by atoms with Crippen LogP contribution in [0.1, 0.15) is 21.8 Å². The van der Waals surface area contributed by atoms with Gasteiger partial charge in [0.2, 0.25) is 0 Å². The Morgan fingerprint density at radius 3 is 2.73 bits per heavy atom. The van der Waals surface area contributed by atoms with Crippen LogP contribution in [0.4, 0.5) is 0 Å². The van der Waals surface area contributed by atoms with E-state index in [2.05, 4.69) is 65.2 Å². The first-order valence-electron chi connectivity index (χ1n) is 6.84. The van der Waals surface area contributed by atoms with E-state index in [4.69, 9.17) is 0 Å². The molecule has 2 atom stereocenters. The molecular weight excluding hydrogens is 368 g/mol. The Balaban J connectivity index is 0.000000882. The number of nitrogens with zero attached hydrogens (tertiary/aromatic N) is 1. The molecule has 22 heavy (non-hydrogen) atoms. The predicted molar refractivity (Wildman–Crippen MR) is 82.1 cm³/mol. The number of rotatable bonds is 3. The third-order valence-corrected chi connectivity index (χ3v) is 8.49. The van der Waals surface area contributed by atoms with Gasteiger partial charge in [-0.25, -0.2) is 0 Å². The van der Waals surface area contributed by atoms with Crippen molar-refractivity contribution in [2.75, 3.05) is 0 Å². The maximum atomic E-state index is 4.67. The first kappa shape index (κ1) is 17.8. The van der Waals surface area contributed by atoms with Crippen LogP contribution in [-0.4, -0.2) is 4.75 Å². The zero-order valence-electron chi connectivity index (χ0n) is 11.8. The molecule has 0 saturated heterocycles. The van der Waals surface area contributed by atoms with E-state index in [1.165, 1.54) is 17.5 Å². The van der Waals surface area contributed by atoms with Crippen molar-refractivity contribution >= 4 is 19.1 Å². The minimum Gasteiger partial charge on any atom is -1.00 e. The van der Waals surface area contributed by atoms with Gasteiger partial charge in [0.1, 0.15) is 0 Å². The fourth-order valence-corrected chi connectivity index (χ4v) is 7.48. The Morgan fingerprint density at radius 1 is 1.14 bits per heavy atom. The molecule has 1 aromatic carbocycles. The molecule has 4 rings (SSSR count). The number of benzene rings is 1. The van der Waals surface area contributed by atoms with E-state index < -0.39 is 7.69 Å². The summed E-state index contributed by atoms with van der Waals surface area (Å²) in [6, 6.07) is 11.0. The molecule has 0 amide bonds. The van der Waals surface area contributed by atoms with Gasteiger partial charge in [0, 0.05) is 0 Å². The molecule has 5 heteroatoms. The molecule has 2 aliphatic rings. The van der Waals surface area contributed by atoms with Crippen molar-refractivity contribution in [3.8, 4) is 0 Å². The Bertz CT molecular complexity index is 735.